The summed E-state index contributed by atoms with van der Waals surface area (Å²) < 4.78 is 6.55. The zero-order valence-electron chi connectivity index (χ0n) is 8.48. The lowest BCUT2D eigenvalue weighted by Gasteiger charge is -2.44. The highest BCUT2D eigenvalue weighted by atomic mass is 79.9. The van der Waals surface area contributed by atoms with E-state index in [1.807, 2.05) is 0 Å². The number of hydrogen-bond donors (Lipinski definition) is 0. The van der Waals surface area contributed by atoms with Gasteiger partial charge in [0.1, 0.15) is 0 Å². The van der Waals surface area contributed by atoms with Crippen molar-refractivity contribution in [2.24, 2.45) is 0 Å². The third-order valence-electron chi connectivity index (χ3n) is 2.81. The summed E-state index contributed by atoms with van der Waals surface area (Å²) in [6, 6.07) is 0. The Morgan fingerprint density at radius 1 is 1.69 bits per heavy atom. The maximum atomic E-state index is 5.50. The monoisotopic (exact) mass is 247 g/mol. The third-order valence-corrected chi connectivity index (χ3v) is 3.06. The zero-order chi connectivity index (χ0) is 9.90. The summed E-state index contributed by atoms with van der Waals surface area (Å²) in [7, 11) is 0. The number of morpholine rings is 1. The normalized spacial score (nSPS) is 30.4. The van der Waals surface area contributed by atoms with Gasteiger partial charge in [-0.3, -0.25) is 4.90 Å². The Morgan fingerprint density at radius 2 is 2.38 bits per heavy atom. The molecule has 0 amide bonds. The van der Waals surface area contributed by atoms with Crippen LogP contribution in [-0.4, -0.2) is 36.7 Å². The highest BCUT2D eigenvalue weighted by Crippen LogP contribution is 2.24. The van der Waals surface area contributed by atoms with Gasteiger partial charge < -0.3 is 4.74 Å². The van der Waals surface area contributed by atoms with Gasteiger partial charge in [-0.25, -0.2) is 0 Å². The quantitative estimate of drug-likeness (QED) is 0.760. The Balaban J connectivity index is 2.61. The molecule has 3 heteroatoms. The molecule has 0 bridgehead atoms. The van der Waals surface area contributed by atoms with Crippen LogP contribution in [0.15, 0.2) is 11.1 Å². The van der Waals surface area contributed by atoms with E-state index in [1.54, 1.807) is 0 Å². The van der Waals surface area contributed by atoms with Crippen LogP contribution in [0.3, 0.4) is 0 Å². The molecule has 76 valence electrons. The van der Waals surface area contributed by atoms with Gasteiger partial charge in [0.25, 0.3) is 0 Å². The summed E-state index contributed by atoms with van der Waals surface area (Å²) in [5, 5.41) is 0. The Morgan fingerprint density at radius 3 is 2.92 bits per heavy atom. The molecular formula is C10H18BrNO. The number of rotatable bonds is 3. The summed E-state index contributed by atoms with van der Waals surface area (Å²) in [6.45, 7) is 12.0. The minimum absolute atomic E-state index is 0.189. The van der Waals surface area contributed by atoms with Crippen LogP contribution >= 0.6 is 15.9 Å². The molecule has 0 aromatic carbocycles. The van der Waals surface area contributed by atoms with Crippen LogP contribution in [0.25, 0.3) is 0 Å². The Bertz CT molecular complexity index is 195. The van der Waals surface area contributed by atoms with Crippen LogP contribution in [0.5, 0.6) is 0 Å². The molecule has 1 heterocycles. The fourth-order valence-corrected chi connectivity index (χ4v) is 1.93. The molecule has 1 unspecified atom stereocenters. The van der Waals surface area contributed by atoms with E-state index in [0.717, 1.165) is 37.2 Å². The van der Waals surface area contributed by atoms with E-state index in [2.05, 4.69) is 41.3 Å². The van der Waals surface area contributed by atoms with Gasteiger partial charge in [-0.15, -0.1) is 0 Å². The fourth-order valence-electron chi connectivity index (χ4n) is 1.63. The molecule has 0 aromatic rings. The molecule has 1 aliphatic heterocycles. The molecule has 0 N–H and O–H groups in total. The first-order valence-corrected chi connectivity index (χ1v) is 5.54. The lowest BCUT2D eigenvalue weighted by molar-refractivity contribution is -0.0562. The van der Waals surface area contributed by atoms with Gasteiger partial charge >= 0.3 is 0 Å². The largest absolute Gasteiger partial charge is 0.378 e. The van der Waals surface area contributed by atoms with Crippen molar-refractivity contribution in [3.63, 3.8) is 0 Å². The van der Waals surface area contributed by atoms with Gasteiger partial charge in [-0.05, 0) is 13.3 Å². The van der Waals surface area contributed by atoms with Gasteiger partial charge in [-0.2, -0.15) is 0 Å². The number of hydrogen-bond acceptors (Lipinski definition) is 2. The highest BCUT2D eigenvalue weighted by molar-refractivity contribution is 9.11. The predicted octanol–water partition coefficient (Wildman–Crippen LogP) is 2.40. The number of ether oxygens (including phenoxy) is 1. The molecule has 0 aliphatic carbocycles. The van der Waals surface area contributed by atoms with Crippen molar-refractivity contribution in [3.8, 4) is 0 Å². The van der Waals surface area contributed by atoms with Crippen LogP contribution in [0, 0.1) is 0 Å². The summed E-state index contributed by atoms with van der Waals surface area (Å²) in [6.07, 6.45) is 1.12. The topological polar surface area (TPSA) is 12.5 Å². The first kappa shape index (κ1) is 11.2. The van der Waals surface area contributed by atoms with Crippen LogP contribution in [0.2, 0.25) is 0 Å². The molecule has 13 heavy (non-hydrogen) atoms. The molecule has 1 rings (SSSR count). The van der Waals surface area contributed by atoms with E-state index in [1.165, 1.54) is 0 Å². The molecule has 0 radical (unpaired) electrons. The number of halogens is 1. The third kappa shape index (κ3) is 2.79. The smallest absolute Gasteiger partial charge is 0.0648 e. The average Bonchev–Trinajstić information content (AvgIpc) is 2.09. The molecule has 0 spiro atoms. The van der Waals surface area contributed by atoms with Crippen molar-refractivity contribution in [2.45, 2.75) is 25.8 Å². The molecule has 1 fully saturated rings. The van der Waals surface area contributed by atoms with Crippen molar-refractivity contribution < 1.29 is 4.74 Å². The maximum absolute atomic E-state index is 5.50. The van der Waals surface area contributed by atoms with Gasteiger partial charge in [0, 0.05) is 23.1 Å². The fraction of sp³-hybridized carbons (Fsp3) is 0.800. The van der Waals surface area contributed by atoms with Crippen LogP contribution in [0.1, 0.15) is 20.3 Å². The highest BCUT2D eigenvalue weighted by Gasteiger charge is 2.33. The van der Waals surface area contributed by atoms with Gasteiger partial charge in [-0.1, -0.05) is 29.4 Å². The lowest BCUT2D eigenvalue weighted by atomic mass is 9.96. The summed E-state index contributed by atoms with van der Waals surface area (Å²) in [5.41, 5.74) is 0.189. The van der Waals surface area contributed by atoms with Crippen molar-refractivity contribution >= 4 is 15.9 Å². The zero-order valence-corrected chi connectivity index (χ0v) is 10.1. The van der Waals surface area contributed by atoms with E-state index < -0.39 is 0 Å². The van der Waals surface area contributed by atoms with E-state index >= 15 is 0 Å². The maximum Gasteiger partial charge on any atom is 0.0648 e. The van der Waals surface area contributed by atoms with E-state index in [0.29, 0.717) is 0 Å². The minimum Gasteiger partial charge on any atom is -0.378 e. The summed E-state index contributed by atoms with van der Waals surface area (Å²) >= 11 is 3.41. The van der Waals surface area contributed by atoms with Crippen molar-refractivity contribution in [3.05, 3.63) is 11.1 Å². The Hall–Kier alpha value is 0.140. The molecule has 1 atom stereocenters. The van der Waals surface area contributed by atoms with Crippen molar-refractivity contribution in [1.82, 2.24) is 4.90 Å². The molecular weight excluding hydrogens is 230 g/mol. The Labute approximate surface area is 89.1 Å². The molecule has 0 aromatic heterocycles. The van der Waals surface area contributed by atoms with Crippen molar-refractivity contribution in [2.75, 3.05) is 26.3 Å². The van der Waals surface area contributed by atoms with Gasteiger partial charge in [0.15, 0.2) is 0 Å². The average molecular weight is 248 g/mol. The summed E-state index contributed by atoms with van der Waals surface area (Å²) in [5.74, 6) is 0. The van der Waals surface area contributed by atoms with E-state index in [4.69, 9.17) is 4.74 Å². The second kappa shape index (κ2) is 4.58. The van der Waals surface area contributed by atoms with E-state index in [-0.39, 0.29) is 5.54 Å². The van der Waals surface area contributed by atoms with Gasteiger partial charge in [0.05, 0.1) is 13.2 Å². The predicted molar refractivity (Wildman–Crippen MR) is 59.2 cm³/mol. The van der Waals surface area contributed by atoms with Crippen molar-refractivity contribution in [1.29, 1.82) is 0 Å². The van der Waals surface area contributed by atoms with Crippen LogP contribution in [0.4, 0.5) is 0 Å². The molecule has 0 saturated carbocycles. The standard InChI is InChI=1S/C10H18BrNO/c1-4-10(3)8-13-6-5-12(10)7-9(2)11/h2,4-8H2,1,3H3. The second-order valence-corrected chi connectivity index (χ2v) is 4.96. The van der Waals surface area contributed by atoms with E-state index in [9.17, 15) is 0 Å². The van der Waals surface area contributed by atoms with Crippen LogP contribution < -0.4 is 0 Å². The SMILES string of the molecule is C=C(Br)CN1CCOCC1(C)CC. The first-order chi connectivity index (χ1) is 6.08. The molecule has 2 nitrogen and oxygen atoms in total. The Kier molecular flexibility index (Phi) is 3.95. The van der Waals surface area contributed by atoms with Gasteiger partial charge in [0.2, 0.25) is 0 Å². The minimum atomic E-state index is 0.189. The van der Waals surface area contributed by atoms with Crippen LogP contribution in [-0.2, 0) is 4.74 Å². The molecule has 1 aliphatic rings. The number of nitrogens with zero attached hydrogens (tertiary/aromatic N) is 1. The lowest BCUT2D eigenvalue weighted by Crippen LogP contribution is -2.54. The first-order valence-electron chi connectivity index (χ1n) is 4.74. The second-order valence-electron chi connectivity index (χ2n) is 3.84. The summed E-state index contributed by atoms with van der Waals surface area (Å²) in [4.78, 5) is 2.44. The molecule has 1 saturated heterocycles.